The summed E-state index contributed by atoms with van der Waals surface area (Å²) in [6.07, 6.45) is 0. The van der Waals surface area contributed by atoms with Crippen molar-refractivity contribution in [1.82, 2.24) is 0 Å². The Hall–Kier alpha value is -2.61. The molecule has 0 fully saturated rings. The number of nitrogens with one attached hydrogen (secondary N) is 1. The van der Waals surface area contributed by atoms with Crippen molar-refractivity contribution in [3.8, 4) is 0 Å². The third kappa shape index (κ3) is 5.50. The molecule has 0 heterocycles. The van der Waals surface area contributed by atoms with Crippen molar-refractivity contribution in [3.63, 3.8) is 0 Å². The standard InChI is InChI=1S/C23H24N2O3S2/c1-23(2,3)16-12-13-20(21(14-16)29-18-9-5-4-6-10-18)22(26)25-17-8-7-11-19(15-17)30(24,27)28/h4-15H,1-3H3,(H,25,26)(H2,24,27,28). The maximum absolute atomic E-state index is 13.0. The summed E-state index contributed by atoms with van der Waals surface area (Å²) in [5.41, 5.74) is 1.93. The van der Waals surface area contributed by atoms with Gasteiger partial charge in [0.2, 0.25) is 10.0 Å². The average molecular weight is 441 g/mol. The van der Waals surface area contributed by atoms with E-state index >= 15 is 0 Å². The maximum Gasteiger partial charge on any atom is 0.256 e. The van der Waals surface area contributed by atoms with Crippen LogP contribution in [0.4, 0.5) is 5.69 Å². The fraction of sp³-hybridized carbons (Fsp3) is 0.174. The Balaban J connectivity index is 1.97. The molecule has 3 N–H and O–H groups in total. The van der Waals surface area contributed by atoms with Gasteiger partial charge in [-0.3, -0.25) is 4.79 Å². The maximum atomic E-state index is 13.0. The second-order valence-electron chi connectivity index (χ2n) is 7.90. The van der Waals surface area contributed by atoms with Crippen molar-refractivity contribution in [2.45, 2.75) is 40.9 Å². The van der Waals surface area contributed by atoms with E-state index in [0.29, 0.717) is 11.3 Å². The van der Waals surface area contributed by atoms with E-state index in [2.05, 4.69) is 26.1 Å². The van der Waals surface area contributed by atoms with Gasteiger partial charge in [0.1, 0.15) is 0 Å². The highest BCUT2D eigenvalue weighted by Crippen LogP contribution is 2.34. The summed E-state index contributed by atoms with van der Waals surface area (Å²) < 4.78 is 23.2. The molecule has 0 aliphatic carbocycles. The molecule has 0 unspecified atom stereocenters. The van der Waals surface area contributed by atoms with Gasteiger partial charge >= 0.3 is 0 Å². The molecule has 1 amide bonds. The number of benzene rings is 3. The lowest BCUT2D eigenvalue weighted by molar-refractivity contribution is 0.102. The van der Waals surface area contributed by atoms with Crippen LogP contribution in [0.25, 0.3) is 0 Å². The number of amides is 1. The molecule has 3 rings (SSSR count). The molecule has 0 aliphatic heterocycles. The smallest absolute Gasteiger partial charge is 0.256 e. The molecule has 0 radical (unpaired) electrons. The number of hydrogen-bond acceptors (Lipinski definition) is 4. The first-order valence-corrected chi connectivity index (χ1v) is 11.7. The van der Waals surface area contributed by atoms with Crippen LogP contribution in [-0.4, -0.2) is 14.3 Å². The minimum atomic E-state index is -3.85. The predicted octanol–water partition coefficient (Wildman–Crippen LogP) is 5.04. The van der Waals surface area contributed by atoms with E-state index in [1.165, 1.54) is 30.0 Å². The van der Waals surface area contributed by atoms with Crippen molar-refractivity contribution >= 4 is 33.4 Å². The highest BCUT2D eigenvalue weighted by molar-refractivity contribution is 7.99. The second kappa shape index (κ2) is 8.63. The molecular weight excluding hydrogens is 416 g/mol. The number of anilines is 1. The normalized spacial score (nSPS) is 11.9. The zero-order chi connectivity index (χ0) is 21.9. The van der Waals surface area contributed by atoms with E-state index in [1.54, 1.807) is 6.07 Å². The summed E-state index contributed by atoms with van der Waals surface area (Å²) in [5, 5.41) is 7.97. The van der Waals surface area contributed by atoms with Gasteiger partial charge in [0, 0.05) is 15.5 Å². The van der Waals surface area contributed by atoms with Crippen LogP contribution in [0.15, 0.2) is 87.5 Å². The lowest BCUT2D eigenvalue weighted by atomic mass is 9.86. The molecular formula is C23H24N2O3S2. The number of carbonyl (C=O) groups is 1. The molecule has 3 aromatic carbocycles. The zero-order valence-corrected chi connectivity index (χ0v) is 18.7. The van der Waals surface area contributed by atoms with Gasteiger partial charge in [-0.1, -0.05) is 62.9 Å². The Morgan fingerprint density at radius 2 is 1.63 bits per heavy atom. The van der Waals surface area contributed by atoms with Gasteiger partial charge in [-0.05, 0) is 53.4 Å². The van der Waals surface area contributed by atoms with E-state index in [4.69, 9.17) is 5.14 Å². The summed E-state index contributed by atoms with van der Waals surface area (Å²) in [4.78, 5) is 14.8. The zero-order valence-electron chi connectivity index (χ0n) is 17.0. The highest BCUT2D eigenvalue weighted by Gasteiger charge is 2.19. The topological polar surface area (TPSA) is 89.3 Å². The lowest BCUT2D eigenvalue weighted by Crippen LogP contribution is -2.17. The molecule has 30 heavy (non-hydrogen) atoms. The van der Waals surface area contributed by atoms with Gasteiger partial charge in [0.15, 0.2) is 0 Å². The molecule has 0 saturated heterocycles. The van der Waals surface area contributed by atoms with Crippen molar-refractivity contribution in [1.29, 1.82) is 0 Å². The van der Waals surface area contributed by atoms with Crippen molar-refractivity contribution < 1.29 is 13.2 Å². The third-order valence-electron chi connectivity index (χ3n) is 4.48. The minimum absolute atomic E-state index is 0.0535. The summed E-state index contributed by atoms with van der Waals surface area (Å²) in [5.74, 6) is -0.319. The van der Waals surface area contributed by atoms with Crippen LogP contribution >= 0.6 is 11.8 Å². The van der Waals surface area contributed by atoms with Gasteiger partial charge in [-0.2, -0.15) is 0 Å². The first-order chi connectivity index (χ1) is 14.0. The number of primary sulfonamides is 1. The third-order valence-corrected chi connectivity index (χ3v) is 6.46. The molecule has 0 atom stereocenters. The molecule has 0 aromatic heterocycles. The summed E-state index contributed by atoms with van der Waals surface area (Å²) in [6.45, 7) is 6.37. The lowest BCUT2D eigenvalue weighted by Gasteiger charge is -2.21. The molecule has 0 aliphatic rings. The predicted molar refractivity (Wildman–Crippen MR) is 121 cm³/mol. The Morgan fingerprint density at radius 3 is 2.27 bits per heavy atom. The van der Waals surface area contributed by atoms with Crippen LogP contribution < -0.4 is 10.5 Å². The number of rotatable bonds is 5. The van der Waals surface area contributed by atoms with E-state index in [9.17, 15) is 13.2 Å². The largest absolute Gasteiger partial charge is 0.322 e. The van der Waals surface area contributed by atoms with Crippen molar-refractivity contribution in [3.05, 3.63) is 83.9 Å². The average Bonchev–Trinajstić information content (AvgIpc) is 2.67. The van der Waals surface area contributed by atoms with Crippen molar-refractivity contribution in [2.24, 2.45) is 5.14 Å². The Morgan fingerprint density at radius 1 is 0.933 bits per heavy atom. The Kier molecular flexibility index (Phi) is 6.36. The van der Waals surface area contributed by atoms with Crippen LogP contribution in [0.1, 0.15) is 36.7 Å². The molecule has 0 saturated carbocycles. The molecule has 156 valence electrons. The van der Waals surface area contributed by atoms with Crippen LogP contribution in [0, 0.1) is 0 Å². The summed E-state index contributed by atoms with van der Waals surface area (Å²) in [6, 6.07) is 21.5. The molecule has 7 heteroatoms. The van der Waals surface area contributed by atoms with Gasteiger partial charge < -0.3 is 5.32 Å². The Bertz CT molecular complexity index is 1170. The van der Waals surface area contributed by atoms with E-state index in [1.807, 2.05) is 48.5 Å². The van der Waals surface area contributed by atoms with E-state index < -0.39 is 10.0 Å². The Labute approximate surface area is 181 Å². The van der Waals surface area contributed by atoms with Crippen LogP contribution in [0.3, 0.4) is 0 Å². The number of hydrogen-bond donors (Lipinski definition) is 2. The molecule has 0 spiro atoms. The summed E-state index contributed by atoms with van der Waals surface area (Å²) in [7, 11) is -3.85. The van der Waals surface area contributed by atoms with Crippen molar-refractivity contribution in [2.75, 3.05) is 5.32 Å². The fourth-order valence-electron chi connectivity index (χ4n) is 2.83. The van der Waals surface area contributed by atoms with Gasteiger partial charge in [-0.15, -0.1) is 0 Å². The quantitative estimate of drug-likeness (QED) is 0.582. The highest BCUT2D eigenvalue weighted by atomic mass is 32.2. The van der Waals surface area contributed by atoms with E-state index in [0.717, 1.165) is 15.4 Å². The van der Waals surface area contributed by atoms with E-state index in [-0.39, 0.29) is 16.2 Å². The fourth-order valence-corrected chi connectivity index (χ4v) is 4.39. The first kappa shape index (κ1) is 22.1. The number of nitrogens with two attached hydrogens (primary N) is 1. The molecule has 3 aromatic rings. The van der Waals surface area contributed by atoms with Crippen LogP contribution in [0.2, 0.25) is 0 Å². The second-order valence-corrected chi connectivity index (χ2v) is 10.6. The number of sulfonamides is 1. The summed E-state index contributed by atoms with van der Waals surface area (Å²) >= 11 is 1.51. The van der Waals surface area contributed by atoms with Crippen LogP contribution in [-0.2, 0) is 15.4 Å². The molecule has 0 bridgehead atoms. The monoisotopic (exact) mass is 440 g/mol. The number of carbonyl (C=O) groups excluding carboxylic acids is 1. The van der Waals surface area contributed by atoms with Gasteiger partial charge in [0.05, 0.1) is 10.5 Å². The first-order valence-electron chi connectivity index (χ1n) is 9.36. The van der Waals surface area contributed by atoms with Gasteiger partial charge in [-0.25, -0.2) is 13.6 Å². The SMILES string of the molecule is CC(C)(C)c1ccc(C(=O)Nc2cccc(S(N)(=O)=O)c2)c(Sc2ccccc2)c1. The molecule has 5 nitrogen and oxygen atoms in total. The minimum Gasteiger partial charge on any atom is -0.322 e. The van der Waals surface area contributed by atoms with Crippen LogP contribution in [0.5, 0.6) is 0 Å². The van der Waals surface area contributed by atoms with Gasteiger partial charge in [0.25, 0.3) is 5.91 Å².